The number of nitrogens with zero attached hydrogens (tertiary/aromatic N) is 2. The van der Waals surface area contributed by atoms with Crippen molar-refractivity contribution in [2.75, 3.05) is 7.11 Å². The molecule has 0 aliphatic heterocycles. The van der Waals surface area contributed by atoms with E-state index in [9.17, 15) is 4.79 Å². The number of H-pyrrole nitrogens is 1. The Morgan fingerprint density at radius 1 is 1.25 bits per heavy atom. The molecule has 5 heteroatoms. The lowest BCUT2D eigenvalue weighted by Gasteiger charge is -2.20. The number of rotatable bonds is 4. The fourth-order valence-electron chi connectivity index (χ4n) is 2.88. The summed E-state index contributed by atoms with van der Waals surface area (Å²) in [7, 11) is 1.35. The summed E-state index contributed by atoms with van der Waals surface area (Å²) in [4.78, 5) is 23.3. The van der Waals surface area contributed by atoms with Gasteiger partial charge >= 0.3 is 5.97 Å². The Bertz CT molecular complexity index is 857. The summed E-state index contributed by atoms with van der Waals surface area (Å²) in [6.45, 7) is 4.20. The maximum Gasteiger partial charge on any atom is 0.356 e. The van der Waals surface area contributed by atoms with Crippen LogP contribution >= 0.6 is 0 Å². The Labute approximate surface area is 140 Å². The predicted octanol–water partition coefficient (Wildman–Crippen LogP) is 3.39. The number of aryl methyl sites for hydroxylation is 1. The molecule has 2 heterocycles. The molecule has 1 N–H and O–H groups in total. The third-order valence-corrected chi connectivity index (χ3v) is 4.30. The Balaban J connectivity index is 2.17. The van der Waals surface area contributed by atoms with E-state index in [-0.39, 0.29) is 5.92 Å². The van der Waals surface area contributed by atoms with Gasteiger partial charge in [-0.3, -0.25) is 0 Å². The summed E-state index contributed by atoms with van der Waals surface area (Å²) in [5.74, 6) is -0.500. The van der Waals surface area contributed by atoms with Crippen molar-refractivity contribution >= 4 is 5.97 Å². The van der Waals surface area contributed by atoms with E-state index in [0.717, 1.165) is 11.3 Å². The summed E-state index contributed by atoms with van der Waals surface area (Å²) in [5.41, 5.74) is 5.83. The van der Waals surface area contributed by atoms with E-state index in [1.165, 1.54) is 23.8 Å². The number of carbonyl (C=O) groups is 1. The van der Waals surface area contributed by atoms with Crippen molar-refractivity contribution in [1.29, 1.82) is 0 Å². The summed E-state index contributed by atoms with van der Waals surface area (Å²) in [5, 5.41) is 0. The van der Waals surface area contributed by atoms with Crippen LogP contribution in [0.15, 0.2) is 49.1 Å². The molecule has 0 bridgehead atoms. The number of benzene rings is 1. The number of methoxy groups -OCH3 is 1. The van der Waals surface area contributed by atoms with Crippen LogP contribution in [0.5, 0.6) is 0 Å². The molecule has 2 aromatic heterocycles. The monoisotopic (exact) mass is 321 g/mol. The maximum absolute atomic E-state index is 11.8. The molecule has 0 saturated heterocycles. The first kappa shape index (κ1) is 15.9. The number of hydrogen-bond acceptors (Lipinski definition) is 4. The van der Waals surface area contributed by atoms with Crippen LogP contribution in [0.1, 0.15) is 44.4 Å². The molecule has 0 amide bonds. The van der Waals surface area contributed by atoms with E-state index >= 15 is 0 Å². The van der Waals surface area contributed by atoms with Crippen LogP contribution in [0.3, 0.4) is 0 Å². The van der Waals surface area contributed by atoms with Crippen molar-refractivity contribution in [3.63, 3.8) is 0 Å². The molecular weight excluding hydrogens is 302 g/mol. The third-order valence-electron chi connectivity index (χ3n) is 4.30. The number of esters is 1. The van der Waals surface area contributed by atoms with E-state index in [0.29, 0.717) is 5.69 Å². The van der Waals surface area contributed by atoms with Gasteiger partial charge in [-0.15, -0.1) is 0 Å². The minimum absolute atomic E-state index is 0.0567. The van der Waals surface area contributed by atoms with Crippen LogP contribution in [-0.4, -0.2) is 28.0 Å². The molecular formula is C19H19N3O2. The molecule has 1 atom stereocenters. The van der Waals surface area contributed by atoms with E-state index in [1.54, 1.807) is 18.6 Å². The van der Waals surface area contributed by atoms with Gasteiger partial charge in [-0.2, -0.15) is 0 Å². The number of aromatic amines is 1. The topological polar surface area (TPSA) is 67.9 Å². The average molecular weight is 321 g/mol. The molecule has 5 nitrogen and oxygen atoms in total. The third kappa shape index (κ3) is 2.93. The number of aromatic nitrogens is 3. The SMILES string of the molecule is COC(=O)c1cc(C(c2cnc[nH]2)c2cccc(C)c2C)ccn1. The smallest absolute Gasteiger partial charge is 0.356 e. The maximum atomic E-state index is 11.8. The van der Waals surface area contributed by atoms with Gasteiger partial charge < -0.3 is 9.72 Å². The molecule has 0 radical (unpaired) electrons. The van der Waals surface area contributed by atoms with Crippen LogP contribution in [0, 0.1) is 13.8 Å². The predicted molar refractivity (Wildman–Crippen MR) is 91.0 cm³/mol. The van der Waals surface area contributed by atoms with Gasteiger partial charge in [0.15, 0.2) is 0 Å². The summed E-state index contributed by atoms with van der Waals surface area (Å²) < 4.78 is 4.79. The van der Waals surface area contributed by atoms with Gasteiger partial charge in [0, 0.05) is 18.1 Å². The van der Waals surface area contributed by atoms with Crippen LogP contribution < -0.4 is 0 Å². The average Bonchev–Trinajstić information content (AvgIpc) is 3.12. The van der Waals surface area contributed by atoms with Gasteiger partial charge in [0.1, 0.15) is 5.69 Å². The largest absolute Gasteiger partial charge is 0.464 e. The lowest BCUT2D eigenvalue weighted by molar-refractivity contribution is 0.0594. The van der Waals surface area contributed by atoms with E-state index in [4.69, 9.17) is 4.74 Å². The minimum Gasteiger partial charge on any atom is -0.464 e. The first-order valence-electron chi connectivity index (χ1n) is 7.70. The van der Waals surface area contributed by atoms with Crippen LogP contribution in [-0.2, 0) is 4.74 Å². The number of nitrogens with one attached hydrogen (secondary N) is 1. The lowest BCUT2D eigenvalue weighted by Crippen LogP contribution is -2.10. The van der Waals surface area contributed by atoms with Crippen LogP contribution in [0.2, 0.25) is 0 Å². The van der Waals surface area contributed by atoms with Crippen molar-refractivity contribution in [1.82, 2.24) is 15.0 Å². The van der Waals surface area contributed by atoms with Crippen molar-refractivity contribution in [2.24, 2.45) is 0 Å². The Kier molecular flexibility index (Phi) is 4.42. The summed E-state index contributed by atoms with van der Waals surface area (Å²) >= 11 is 0. The highest BCUT2D eigenvalue weighted by Gasteiger charge is 2.22. The first-order valence-corrected chi connectivity index (χ1v) is 7.70. The highest BCUT2D eigenvalue weighted by atomic mass is 16.5. The molecule has 3 rings (SSSR count). The minimum atomic E-state index is -0.443. The first-order chi connectivity index (χ1) is 11.6. The number of imidazole rings is 1. The van der Waals surface area contributed by atoms with E-state index in [1.807, 2.05) is 18.3 Å². The Morgan fingerprint density at radius 2 is 2.08 bits per heavy atom. The second kappa shape index (κ2) is 6.66. The van der Waals surface area contributed by atoms with Crippen molar-refractivity contribution < 1.29 is 9.53 Å². The Hall–Kier alpha value is -2.95. The van der Waals surface area contributed by atoms with Gasteiger partial charge in [0.05, 0.1) is 19.4 Å². The normalized spacial score (nSPS) is 12.0. The van der Waals surface area contributed by atoms with Crippen LogP contribution in [0.4, 0.5) is 0 Å². The van der Waals surface area contributed by atoms with E-state index < -0.39 is 5.97 Å². The fraction of sp³-hybridized carbons (Fsp3) is 0.211. The molecule has 0 saturated carbocycles. The number of carbonyl (C=O) groups excluding carboxylic acids is 1. The highest BCUT2D eigenvalue weighted by molar-refractivity contribution is 5.87. The highest BCUT2D eigenvalue weighted by Crippen LogP contribution is 2.33. The molecule has 0 spiro atoms. The fourth-order valence-corrected chi connectivity index (χ4v) is 2.88. The zero-order valence-corrected chi connectivity index (χ0v) is 13.9. The van der Waals surface area contributed by atoms with Gasteiger partial charge in [0.2, 0.25) is 0 Å². The number of pyridine rings is 1. The zero-order chi connectivity index (χ0) is 17.1. The van der Waals surface area contributed by atoms with Gasteiger partial charge in [-0.05, 0) is 48.2 Å². The van der Waals surface area contributed by atoms with Crippen molar-refractivity contribution in [2.45, 2.75) is 19.8 Å². The Morgan fingerprint density at radius 3 is 2.79 bits per heavy atom. The number of hydrogen-bond donors (Lipinski definition) is 1. The van der Waals surface area contributed by atoms with Crippen molar-refractivity contribution in [3.8, 4) is 0 Å². The van der Waals surface area contributed by atoms with Gasteiger partial charge in [0.25, 0.3) is 0 Å². The van der Waals surface area contributed by atoms with E-state index in [2.05, 4.69) is 40.9 Å². The van der Waals surface area contributed by atoms with Crippen LogP contribution in [0.25, 0.3) is 0 Å². The van der Waals surface area contributed by atoms with Gasteiger partial charge in [-0.1, -0.05) is 18.2 Å². The second-order valence-corrected chi connectivity index (χ2v) is 5.70. The summed E-state index contributed by atoms with van der Waals surface area (Å²) in [6.07, 6.45) is 5.11. The van der Waals surface area contributed by atoms with Gasteiger partial charge in [-0.25, -0.2) is 14.8 Å². The molecule has 1 aromatic carbocycles. The second-order valence-electron chi connectivity index (χ2n) is 5.70. The molecule has 122 valence electrons. The lowest BCUT2D eigenvalue weighted by atomic mass is 9.85. The zero-order valence-electron chi connectivity index (χ0n) is 13.9. The molecule has 24 heavy (non-hydrogen) atoms. The molecule has 0 aliphatic rings. The summed E-state index contributed by atoms with van der Waals surface area (Å²) in [6, 6.07) is 9.93. The number of ether oxygens (including phenoxy) is 1. The molecule has 0 aliphatic carbocycles. The van der Waals surface area contributed by atoms with Crippen molar-refractivity contribution in [3.05, 3.63) is 82.7 Å². The molecule has 0 fully saturated rings. The molecule has 3 aromatic rings. The molecule has 1 unspecified atom stereocenters. The standard InChI is InChI=1S/C19H19N3O2/c1-12-5-4-6-15(13(12)2)18(17-10-20-11-22-17)14-7-8-21-16(9-14)19(23)24-3/h4-11,18H,1-3H3,(H,20,22). The quantitative estimate of drug-likeness (QED) is 0.748.